The van der Waals surface area contributed by atoms with E-state index in [-0.39, 0.29) is 11.3 Å². The number of pyridine rings is 1. The van der Waals surface area contributed by atoms with Crippen LogP contribution in [-0.2, 0) is 6.42 Å². The first-order valence-corrected chi connectivity index (χ1v) is 7.34. The number of fused-ring (bicyclic) bond motifs is 1. The Hall–Kier alpha value is -2.66. The lowest BCUT2D eigenvalue weighted by atomic mass is 10.1. The summed E-state index contributed by atoms with van der Waals surface area (Å²) in [6.07, 6.45) is 3.58. The quantitative estimate of drug-likeness (QED) is 0.542. The molecular weight excluding hydrogens is 318 g/mol. The molecule has 0 radical (unpaired) electrons. The van der Waals surface area contributed by atoms with Crippen LogP contribution in [0, 0.1) is 0 Å². The zero-order valence-electron chi connectivity index (χ0n) is 12.2. The van der Waals surface area contributed by atoms with Gasteiger partial charge in [-0.2, -0.15) is 0 Å². The van der Waals surface area contributed by atoms with Gasteiger partial charge in [0.05, 0.1) is 11.2 Å². The zero-order valence-corrected chi connectivity index (χ0v) is 13.0. The molecule has 0 amide bonds. The molecule has 5 nitrogen and oxygen atoms in total. The van der Waals surface area contributed by atoms with Gasteiger partial charge in [-0.05, 0) is 30.2 Å². The molecule has 2 aromatic heterocycles. The van der Waals surface area contributed by atoms with Gasteiger partial charge in [0, 0.05) is 17.6 Å². The molecule has 6 heteroatoms. The van der Waals surface area contributed by atoms with Crippen molar-refractivity contribution >= 4 is 28.5 Å². The number of carbonyl (C=O) groups excluding carboxylic acids is 1. The highest BCUT2D eigenvalue weighted by Gasteiger charge is 2.16. The molecule has 0 fully saturated rings. The summed E-state index contributed by atoms with van der Waals surface area (Å²) in [6, 6.07) is 8.37. The van der Waals surface area contributed by atoms with Crippen molar-refractivity contribution in [3.8, 4) is 5.75 Å². The highest BCUT2D eigenvalue weighted by Crippen LogP contribution is 2.19. The summed E-state index contributed by atoms with van der Waals surface area (Å²) in [5, 5.41) is 0.994. The minimum atomic E-state index is -0.813. The summed E-state index contributed by atoms with van der Waals surface area (Å²) >= 11 is 5.78. The van der Waals surface area contributed by atoms with Crippen LogP contribution >= 0.6 is 11.6 Å². The van der Waals surface area contributed by atoms with Gasteiger partial charge in [-0.25, -0.2) is 9.59 Å². The number of aromatic nitrogens is 1. The first kappa shape index (κ1) is 15.2. The first-order valence-electron chi connectivity index (χ1n) is 6.96. The van der Waals surface area contributed by atoms with Gasteiger partial charge in [-0.15, -0.1) is 0 Å². The SMILES string of the molecule is CCc1ccc2oc(=O)c(C(=O)Oc3cncc(Cl)c3)cc2c1. The Bertz CT molecular complexity index is 949. The van der Waals surface area contributed by atoms with Crippen LogP contribution in [-0.4, -0.2) is 11.0 Å². The van der Waals surface area contributed by atoms with Gasteiger partial charge >= 0.3 is 11.6 Å². The van der Waals surface area contributed by atoms with E-state index in [9.17, 15) is 9.59 Å². The molecule has 0 aliphatic heterocycles. The van der Waals surface area contributed by atoms with Crippen molar-refractivity contribution in [1.29, 1.82) is 0 Å². The minimum absolute atomic E-state index is 0.157. The smallest absolute Gasteiger partial charge is 0.351 e. The normalized spacial score (nSPS) is 10.7. The Morgan fingerprint density at radius 3 is 2.83 bits per heavy atom. The zero-order chi connectivity index (χ0) is 16.4. The largest absolute Gasteiger partial charge is 0.422 e. The van der Waals surface area contributed by atoms with Crippen molar-refractivity contribution in [2.45, 2.75) is 13.3 Å². The topological polar surface area (TPSA) is 69.4 Å². The summed E-state index contributed by atoms with van der Waals surface area (Å²) in [5.74, 6) is -0.657. The van der Waals surface area contributed by atoms with Crippen LogP contribution in [0.4, 0.5) is 0 Å². The summed E-state index contributed by atoms with van der Waals surface area (Å²) in [5.41, 5.74) is 0.574. The Balaban J connectivity index is 1.99. The Labute approximate surface area is 136 Å². The second-order valence-electron chi connectivity index (χ2n) is 4.90. The molecule has 3 aromatic rings. The number of esters is 1. The van der Waals surface area contributed by atoms with Crippen LogP contribution < -0.4 is 10.4 Å². The van der Waals surface area contributed by atoms with Crippen molar-refractivity contribution in [2.24, 2.45) is 0 Å². The van der Waals surface area contributed by atoms with Gasteiger partial charge < -0.3 is 9.15 Å². The molecule has 0 unspecified atom stereocenters. The maximum atomic E-state index is 12.2. The van der Waals surface area contributed by atoms with Crippen molar-refractivity contribution in [2.75, 3.05) is 0 Å². The number of hydrogen-bond acceptors (Lipinski definition) is 5. The second kappa shape index (κ2) is 6.22. The lowest BCUT2D eigenvalue weighted by Crippen LogP contribution is -2.18. The Morgan fingerprint density at radius 2 is 2.09 bits per heavy atom. The predicted octanol–water partition coefficient (Wildman–Crippen LogP) is 3.62. The molecule has 0 aliphatic carbocycles. The van der Waals surface area contributed by atoms with Gasteiger partial charge in [-0.1, -0.05) is 24.6 Å². The minimum Gasteiger partial charge on any atom is -0.422 e. The van der Waals surface area contributed by atoms with Gasteiger partial charge in [0.1, 0.15) is 11.1 Å². The van der Waals surface area contributed by atoms with E-state index < -0.39 is 11.6 Å². The fourth-order valence-corrected chi connectivity index (χ4v) is 2.31. The molecule has 0 aliphatic rings. The third kappa shape index (κ3) is 3.24. The van der Waals surface area contributed by atoms with Gasteiger partial charge in [0.25, 0.3) is 0 Å². The summed E-state index contributed by atoms with van der Waals surface area (Å²) in [4.78, 5) is 28.0. The average Bonchev–Trinajstić information content (AvgIpc) is 2.53. The fraction of sp³-hybridized carbons (Fsp3) is 0.118. The van der Waals surface area contributed by atoms with Crippen LogP contribution in [0.3, 0.4) is 0 Å². The van der Waals surface area contributed by atoms with E-state index in [1.54, 1.807) is 6.07 Å². The highest BCUT2D eigenvalue weighted by molar-refractivity contribution is 6.30. The molecule has 0 saturated heterocycles. The van der Waals surface area contributed by atoms with Crippen molar-refractivity contribution in [3.63, 3.8) is 0 Å². The number of halogens is 1. The molecule has 0 atom stereocenters. The van der Waals surface area contributed by atoms with E-state index in [1.807, 2.05) is 19.1 Å². The van der Waals surface area contributed by atoms with Crippen molar-refractivity contribution < 1.29 is 13.9 Å². The number of hydrogen-bond donors (Lipinski definition) is 0. The number of rotatable bonds is 3. The van der Waals surface area contributed by atoms with Gasteiger partial charge in [0.2, 0.25) is 0 Å². The third-order valence-electron chi connectivity index (χ3n) is 3.32. The summed E-state index contributed by atoms with van der Waals surface area (Å²) < 4.78 is 10.3. The van der Waals surface area contributed by atoms with Gasteiger partial charge in [0.15, 0.2) is 5.75 Å². The van der Waals surface area contributed by atoms with Gasteiger partial charge in [-0.3, -0.25) is 4.98 Å². The molecule has 0 bridgehead atoms. The molecule has 3 rings (SSSR count). The maximum Gasteiger partial charge on any atom is 0.351 e. The van der Waals surface area contributed by atoms with E-state index in [4.69, 9.17) is 20.8 Å². The van der Waals surface area contributed by atoms with Crippen LogP contribution in [0.1, 0.15) is 22.8 Å². The third-order valence-corrected chi connectivity index (χ3v) is 3.52. The van der Waals surface area contributed by atoms with Crippen LogP contribution in [0.2, 0.25) is 5.02 Å². The number of nitrogens with zero attached hydrogens (tertiary/aromatic N) is 1. The standard InChI is InChI=1S/C17H12ClNO4/c1-2-10-3-4-15-11(5-10)6-14(17(21)23-15)16(20)22-13-7-12(18)8-19-9-13/h3-9H,2H2,1H3. The van der Waals surface area contributed by atoms with E-state index in [2.05, 4.69) is 4.98 Å². The summed E-state index contributed by atoms with van der Waals surface area (Å²) in [6.45, 7) is 2.02. The molecular formula is C17H12ClNO4. The fourth-order valence-electron chi connectivity index (χ4n) is 2.15. The monoisotopic (exact) mass is 329 g/mol. The van der Waals surface area contributed by atoms with Crippen LogP contribution in [0.15, 0.2) is 51.9 Å². The lowest BCUT2D eigenvalue weighted by Gasteiger charge is -2.05. The maximum absolute atomic E-state index is 12.2. The second-order valence-corrected chi connectivity index (χ2v) is 5.34. The Kier molecular flexibility index (Phi) is 4.12. The Morgan fingerprint density at radius 1 is 1.26 bits per heavy atom. The first-order chi connectivity index (χ1) is 11.1. The predicted molar refractivity (Wildman–Crippen MR) is 86.1 cm³/mol. The molecule has 1 aromatic carbocycles. The van der Waals surface area contributed by atoms with Crippen LogP contribution in [0.25, 0.3) is 11.0 Å². The van der Waals surface area contributed by atoms with Crippen molar-refractivity contribution in [1.82, 2.24) is 4.98 Å². The molecule has 0 spiro atoms. The lowest BCUT2D eigenvalue weighted by molar-refractivity contribution is 0.0730. The molecule has 23 heavy (non-hydrogen) atoms. The number of aryl methyl sites for hydroxylation is 1. The average molecular weight is 330 g/mol. The number of carbonyl (C=O) groups is 1. The van der Waals surface area contributed by atoms with E-state index in [1.165, 1.54) is 24.5 Å². The highest BCUT2D eigenvalue weighted by atomic mass is 35.5. The van der Waals surface area contributed by atoms with E-state index in [0.717, 1.165) is 12.0 Å². The summed E-state index contributed by atoms with van der Waals surface area (Å²) in [7, 11) is 0. The molecule has 0 N–H and O–H groups in total. The van der Waals surface area contributed by atoms with E-state index in [0.29, 0.717) is 16.0 Å². The number of ether oxygens (including phenoxy) is 1. The molecule has 0 saturated carbocycles. The molecule has 2 heterocycles. The number of benzene rings is 1. The van der Waals surface area contributed by atoms with Crippen molar-refractivity contribution in [3.05, 3.63) is 69.3 Å². The van der Waals surface area contributed by atoms with Crippen LogP contribution in [0.5, 0.6) is 5.75 Å². The molecule has 116 valence electrons. The van der Waals surface area contributed by atoms with E-state index >= 15 is 0 Å².